The maximum atomic E-state index is 8.85. The Hall–Kier alpha value is 0.610. The average molecular weight is 293 g/mol. The molecule has 0 aliphatic rings. The second-order valence-corrected chi connectivity index (χ2v) is 1.48. The zero-order valence-corrected chi connectivity index (χ0v) is 5.49. The number of nitrogens with two attached hydrogens (primary N) is 1. The summed E-state index contributed by atoms with van der Waals surface area (Å²) in [6, 6.07) is 0. The normalized spacial score (nSPS) is 9.67. The van der Waals surface area contributed by atoms with E-state index in [1.165, 1.54) is 0 Å². The van der Waals surface area contributed by atoms with E-state index in [9.17, 15) is 0 Å². The van der Waals surface area contributed by atoms with Crippen LogP contribution in [0.3, 0.4) is 0 Å². The van der Waals surface area contributed by atoms with Crippen molar-refractivity contribution in [3.63, 3.8) is 0 Å². The molecule has 6 heavy (non-hydrogen) atoms. The second kappa shape index (κ2) is 2.73. The standard InChI is InChI=1S/Au.H3NO3S/c;1-5(2,3)4/h;(H3,1,2,3,4)/q+1;/p-1. The monoisotopic (exact) mass is 293 g/mol. The van der Waals surface area contributed by atoms with Gasteiger partial charge in [-0.15, -0.1) is 0 Å². The number of hydrogen-bond acceptors (Lipinski definition) is 3. The zero-order chi connectivity index (χ0) is 4.50. The molecular formula is H2AuNO3S. The molecule has 0 saturated heterocycles. The predicted molar refractivity (Wildman–Crippen MR) is 13.9 cm³/mol. The molecule has 0 radical (unpaired) electrons. The molecule has 0 amide bonds. The van der Waals surface area contributed by atoms with Gasteiger partial charge in [0, 0.05) is 0 Å². The van der Waals surface area contributed by atoms with Gasteiger partial charge < -0.3 is 4.55 Å². The van der Waals surface area contributed by atoms with Crippen LogP contribution in [0.1, 0.15) is 0 Å². The first kappa shape index (κ1) is 9.79. The van der Waals surface area contributed by atoms with Gasteiger partial charge in [-0.25, -0.2) is 13.6 Å². The second-order valence-electron chi connectivity index (χ2n) is 0.493. The molecule has 0 aromatic rings. The van der Waals surface area contributed by atoms with Gasteiger partial charge >= 0.3 is 22.4 Å². The molecule has 0 unspecified atom stereocenters. The topological polar surface area (TPSA) is 83.2 Å². The first-order valence-electron chi connectivity index (χ1n) is 0.736. The summed E-state index contributed by atoms with van der Waals surface area (Å²) in [5.41, 5.74) is 0. The molecule has 0 heterocycles. The van der Waals surface area contributed by atoms with Crippen molar-refractivity contribution in [3.8, 4) is 0 Å². The van der Waals surface area contributed by atoms with Gasteiger partial charge in [-0.1, -0.05) is 0 Å². The van der Waals surface area contributed by atoms with E-state index in [4.69, 9.17) is 13.0 Å². The molecule has 0 rings (SSSR count). The fourth-order valence-corrected chi connectivity index (χ4v) is 0. The Bertz CT molecular complexity index is 94.0. The first-order chi connectivity index (χ1) is 2.00. The predicted octanol–water partition coefficient (Wildman–Crippen LogP) is -1.60. The Morgan fingerprint density at radius 3 is 1.50 bits per heavy atom. The van der Waals surface area contributed by atoms with Crippen molar-refractivity contribution in [1.82, 2.24) is 0 Å². The summed E-state index contributed by atoms with van der Waals surface area (Å²) < 4.78 is 26.6. The van der Waals surface area contributed by atoms with E-state index in [0.29, 0.717) is 0 Å². The van der Waals surface area contributed by atoms with Crippen LogP contribution in [-0.2, 0) is 32.7 Å². The van der Waals surface area contributed by atoms with Gasteiger partial charge in [-0.2, -0.15) is 0 Å². The molecule has 42 valence electrons. The molecule has 0 aromatic heterocycles. The molecule has 0 aliphatic carbocycles. The molecule has 0 atom stereocenters. The van der Waals surface area contributed by atoms with Crippen molar-refractivity contribution in [2.75, 3.05) is 0 Å². The SMILES string of the molecule is NS(=O)(=O)[O-].[Au+]. The number of rotatable bonds is 0. The Morgan fingerprint density at radius 1 is 1.50 bits per heavy atom. The van der Waals surface area contributed by atoms with Crippen LogP contribution >= 0.6 is 0 Å². The van der Waals surface area contributed by atoms with Crippen LogP contribution in [0.2, 0.25) is 0 Å². The summed E-state index contributed by atoms with van der Waals surface area (Å²) in [5, 5.41) is 3.77. The van der Waals surface area contributed by atoms with Gasteiger partial charge in [0.25, 0.3) is 0 Å². The van der Waals surface area contributed by atoms with Crippen LogP contribution in [0.5, 0.6) is 0 Å². The van der Waals surface area contributed by atoms with Crippen LogP contribution in [0.4, 0.5) is 0 Å². The molecular weight excluding hydrogens is 291 g/mol. The molecule has 2 N–H and O–H groups in total. The summed E-state index contributed by atoms with van der Waals surface area (Å²) in [4.78, 5) is 0. The quantitative estimate of drug-likeness (QED) is 0.431. The van der Waals surface area contributed by atoms with Gasteiger partial charge in [0.2, 0.25) is 0 Å². The van der Waals surface area contributed by atoms with Crippen molar-refractivity contribution in [2.24, 2.45) is 5.14 Å². The molecule has 0 saturated carbocycles. The molecule has 6 heteroatoms. The fourth-order valence-electron chi connectivity index (χ4n) is 0. The molecule has 4 nitrogen and oxygen atoms in total. The molecule has 0 spiro atoms. The summed E-state index contributed by atoms with van der Waals surface area (Å²) in [7, 11) is -4.42. The summed E-state index contributed by atoms with van der Waals surface area (Å²) in [5.74, 6) is 0. The minimum atomic E-state index is -4.42. The van der Waals surface area contributed by atoms with Crippen molar-refractivity contribution >= 4 is 10.3 Å². The van der Waals surface area contributed by atoms with Gasteiger partial charge in [-0.05, 0) is 0 Å². The Balaban J connectivity index is 0. The van der Waals surface area contributed by atoms with Crippen molar-refractivity contribution in [3.05, 3.63) is 0 Å². The average Bonchev–Trinajstić information content (AvgIpc) is 0.722. The Morgan fingerprint density at radius 2 is 1.50 bits per heavy atom. The summed E-state index contributed by atoms with van der Waals surface area (Å²) in [6.45, 7) is 0. The third-order valence-corrected chi connectivity index (χ3v) is 0. The summed E-state index contributed by atoms with van der Waals surface area (Å²) >= 11 is 0. The Labute approximate surface area is 51.1 Å². The molecule has 0 bridgehead atoms. The first-order valence-corrected chi connectivity index (χ1v) is 2.21. The van der Waals surface area contributed by atoms with E-state index >= 15 is 0 Å². The van der Waals surface area contributed by atoms with Crippen molar-refractivity contribution < 1.29 is 35.4 Å². The minimum absolute atomic E-state index is 0. The maximum absolute atomic E-state index is 8.85. The van der Waals surface area contributed by atoms with Gasteiger partial charge in [-0.3, -0.25) is 0 Å². The smallest absolute Gasteiger partial charge is 0.736 e. The van der Waals surface area contributed by atoms with Crippen LogP contribution in [0.15, 0.2) is 0 Å². The number of hydrogen-bond donors (Lipinski definition) is 1. The fraction of sp³-hybridized carbons (Fsp3) is 0. The minimum Gasteiger partial charge on any atom is -0.736 e. The van der Waals surface area contributed by atoms with Gasteiger partial charge in [0.1, 0.15) is 0 Å². The van der Waals surface area contributed by atoms with Gasteiger partial charge in [0.15, 0.2) is 10.3 Å². The molecule has 0 aliphatic heterocycles. The van der Waals surface area contributed by atoms with E-state index in [1.54, 1.807) is 0 Å². The van der Waals surface area contributed by atoms with E-state index in [0.717, 1.165) is 0 Å². The molecule has 0 fully saturated rings. The van der Waals surface area contributed by atoms with Crippen molar-refractivity contribution in [1.29, 1.82) is 0 Å². The maximum Gasteiger partial charge on any atom is 1.00 e. The third-order valence-electron chi connectivity index (χ3n) is 0. The zero-order valence-electron chi connectivity index (χ0n) is 2.51. The summed E-state index contributed by atoms with van der Waals surface area (Å²) in [6.07, 6.45) is 0. The Kier molecular flexibility index (Phi) is 4.45. The van der Waals surface area contributed by atoms with Crippen LogP contribution < -0.4 is 5.14 Å². The third kappa shape index (κ3) is 161. The van der Waals surface area contributed by atoms with Crippen molar-refractivity contribution in [2.45, 2.75) is 0 Å². The van der Waals surface area contributed by atoms with Crippen LogP contribution in [0.25, 0.3) is 0 Å². The van der Waals surface area contributed by atoms with Crippen LogP contribution in [-0.4, -0.2) is 13.0 Å². The molecule has 0 aromatic carbocycles. The van der Waals surface area contributed by atoms with E-state index in [-0.39, 0.29) is 22.4 Å². The van der Waals surface area contributed by atoms with E-state index in [1.807, 2.05) is 0 Å². The van der Waals surface area contributed by atoms with E-state index in [2.05, 4.69) is 5.14 Å². The van der Waals surface area contributed by atoms with Crippen LogP contribution in [0, 0.1) is 0 Å². The van der Waals surface area contributed by atoms with E-state index < -0.39 is 10.3 Å². The van der Waals surface area contributed by atoms with Gasteiger partial charge in [0.05, 0.1) is 0 Å². The largest absolute Gasteiger partial charge is 1.00 e.